The molecule has 1 aliphatic heterocycles. The van der Waals surface area contributed by atoms with Crippen LogP contribution in [0.4, 0.5) is 5.69 Å². The van der Waals surface area contributed by atoms with Crippen molar-refractivity contribution in [1.82, 2.24) is 0 Å². The zero-order valence-electron chi connectivity index (χ0n) is 17.1. The quantitative estimate of drug-likeness (QED) is 0.410. The van der Waals surface area contributed by atoms with Crippen LogP contribution in [0, 0.1) is 12.8 Å². The summed E-state index contributed by atoms with van der Waals surface area (Å²) in [6.07, 6.45) is 1.85. The number of hydrogen-bond donors (Lipinski definition) is 0. The molecule has 0 unspecified atom stereocenters. The van der Waals surface area contributed by atoms with E-state index in [1.54, 1.807) is 4.90 Å². The maximum absolute atomic E-state index is 13.0. The van der Waals surface area contributed by atoms with E-state index in [4.69, 9.17) is 21.7 Å². The minimum atomic E-state index is -0.108. The average Bonchev–Trinajstić information content (AvgIpc) is 2.94. The summed E-state index contributed by atoms with van der Waals surface area (Å²) in [5, 5.41) is 0. The summed E-state index contributed by atoms with van der Waals surface area (Å²) in [5.41, 5.74) is 2.75. The van der Waals surface area contributed by atoms with Crippen LogP contribution in [0.15, 0.2) is 47.4 Å². The van der Waals surface area contributed by atoms with Gasteiger partial charge in [-0.3, -0.25) is 9.69 Å². The van der Waals surface area contributed by atoms with Gasteiger partial charge in [0.15, 0.2) is 15.8 Å². The highest BCUT2D eigenvalue weighted by atomic mass is 32.2. The first-order valence-corrected chi connectivity index (χ1v) is 10.9. The fraction of sp³-hybridized carbons (Fsp3) is 0.304. The lowest BCUT2D eigenvalue weighted by Gasteiger charge is -2.15. The number of hydrogen-bond acceptors (Lipinski definition) is 5. The number of ether oxygens (including phenoxy) is 2. The molecule has 2 aromatic carbocycles. The lowest BCUT2D eigenvalue weighted by molar-refractivity contribution is -0.113. The first-order valence-electron chi connectivity index (χ1n) is 9.63. The van der Waals surface area contributed by atoms with E-state index in [9.17, 15) is 4.79 Å². The van der Waals surface area contributed by atoms with Gasteiger partial charge in [0.05, 0.1) is 23.8 Å². The smallest absolute Gasteiger partial charge is 0.270 e. The van der Waals surface area contributed by atoms with Crippen LogP contribution >= 0.6 is 24.0 Å². The maximum atomic E-state index is 13.0. The van der Waals surface area contributed by atoms with Crippen molar-refractivity contribution in [2.45, 2.75) is 27.7 Å². The Morgan fingerprint density at radius 3 is 2.62 bits per heavy atom. The number of thiocarbonyl (C=S) groups is 1. The number of rotatable bonds is 7. The molecular formula is C23H25NO3S2. The van der Waals surface area contributed by atoms with E-state index in [0.717, 1.165) is 16.8 Å². The van der Waals surface area contributed by atoms with Gasteiger partial charge in [-0.25, -0.2) is 0 Å². The molecule has 1 fully saturated rings. The molecule has 0 radical (unpaired) electrons. The van der Waals surface area contributed by atoms with Gasteiger partial charge in [0.2, 0.25) is 0 Å². The SMILES string of the molecule is CCOc1cc(/C=C2/SC(=S)N(c3cccc(C)c3)C2=O)ccc1OCC(C)C. The van der Waals surface area contributed by atoms with Gasteiger partial charge in [-0.1, -0.05) is 56.0 Å². The molecule has 2 aromatic rings. The fourth-order valence-electron chi connectivity index (χ4n) is 2.87. The van der Waals surface area contributed by atoms with E-state index >= 15 is 0 Å². The summed E-state index contributed by atoms with van der Waals surface area (Å²) in [6.45, 7) is 9.29. The van der Waals surface area contributed by atoms with Gasteiger partial charge in [-0.05, 0) is 61.2 Å². The van der Waals surface area contributed by atoms with Gasteiger partial charge in [-0.2, -0.15) is 0 Å². The second-order valence-electron chi connectivity index (χ2n) is 7.20. The third-order valence-electron chi connectivity index (χ3n) is 4.19. The van der Waals surface area contributed by atoms with Crippen LogP contribution in [0.1, 0.15) is 31.9 Å². The normalized spacial score (nSPS) is 15.5. The molecule has 1 amide bonds. The summed E-state index contributed by atoms with van der Waals surface area (Å²) >= 11 is 6.78. The second-order valence-corrected chi connectivity index (χ2v) is 8.88. The molecule has 0 N–H and O–H groups in total. The molecule has 0 saturated carbocycles. The van der Waals surface area contributed by atoms with Gasteiger partial charge in [0.25, 0.3) is 5.91 Å². The van der Waals surface area contributed by atoms with E-state index in [2.05, 4.69) is 13.8 Å². The molecule has 0 atom stereocenters. The standard InChI is InChI=1S/C23H25NO3S2/c1-5-26-20-12-17(9-10-19(20)27-14-15(2)3)13-21-22(25)24(23(28)29-21)18-8-6-7-16(4)11-18/h6-13,15H,5,14H2,1-4H3/b21-13+. The zero-order valence-corrected chi connectivity index (χ0v) is 18.7. The van der Waals surface area contributed by atoms with Crippen molar-refractivity contribution in [3.63, 3.8) is 0 Å². The summed E-state index contributed by atoms with van der Waals surface area (Å²) in [5.74, 6) is 1.71. The Balaban J connectivity index is 1.86. The average molecular weight is 428 g/mol. The molecule has 0 spiro atoms. The largest absolute Gasteiger partial charge is 0.490 e. The molecule has 0 aromatic heterocycles. The summed E-state index contributed by atoms with van der Waals surface area (Å²) < 4.78 is 12.1. The Kier molecular flexibility index (Phi) is 6.98. The van der Waals surface area contributed by atoms with Gasteiger partial charge in [0, 0.05) is 0 Å². The number of thioether (sulfide) groups is 1. The lowest BCUT2D eigenvalue weighted by atomic mass is 10.1. The van der Waals surface area contributed by atoms with Gasteiger partial charge >= 0.3 is 0 Å². The van der Waals surface area contributed by atoms with Crippen molar-refractivity contribution in [3.05, 3.63) is 58.5 Å². The Bertz CT molecular complexity index is 953. The lowest BCUT2D eigenvalue weighted by Crippen LogP contribution is -2.27. The summed E-state index contributed by atoms with van der Waals surface area (Å²) in [6, 6.07) is 13.5. The third kappa shape index (κ3) is 5.19. The Labute approximate surface area is 181 Å². The predicted molar refractivity (Wildman–Crippen MR) is 125 cm³/mol. The molecule has 1 heterocycles. The first kappa shape index (κ1) is 21.4. The number of carbonyl (C=O) groups is 1. The van der Waals surface area contributed by atoms with Crippen LogP contribution < -0.4 is 14.4 Å². The van der Waals surface area contributed by atoms with Gasteiger partial charge < -0.3 is 9.47 Å². The summed E-state index contributed by atoms with van der Waals surface area (Å²) in [4.78, 5) is 15.2. The fourth-order valence-corrected chi connectivity index (χ4v) is 4.17. The van der Waals surface area contributed by atoms with E-state index in [1.165, 1.54) is 11.8 Å². The predicted octanol–water partition coefficient (Wildman–Crippen LogP) is 5.83. The molecule has 152 valence electrons. The van der Waals surface area contributed by atoms with Crippen molar-refractivity contribution in [2.75, 3.05) is 18.1 Å². The molecule has 4 nitrogen and oxygen atoms in total. The topological polar surface area (TPSA) is 38.8 Å². The Morgan fingerprint density at radius 1 is 1.14 bits per heavy atom. The van der Waals surface area contributed by atoms with Gasteiger partial charge in [-0.15, -0.1) is 0 Å². The van der Waals surface area contributed by atoms with Crippen molar-refractivity contribution in [1.29, 1.82) is 0 Å². The molecule has 1 aliphatic rings. The van der Waals surface area contributed by atoms with E-state index in [1.807, 2.05) is 62.4 Å². The van der Waals surface area contributed by atoms with Crippen LogP contribution in [0.25, 0.3) is 6.08 Å². The molecular weight excluding hydrogens is 402 g/mol. The zero-order chi connectivity index (χ0) is 21.0. The number of aryl methyl sites for hydroxylation is 1. The van der Waals surface area contributed by atoms with E-state index in [-0.39, 0.29) is 5.91 Å². The second kappa shape index (κ2) is 9.46. The number of carbonyl (C=O) groups excluding carboxylic acids is 1. The van der Waals surface area contributed by atoms with Crippen LogP contribution in [-0.4, -0.2) is 23.4 Å². The van der Waals surface area contributed by atoms with Gasteiger partial charge in [0.1, 0.15) is 0 Å². The monoisotopic (exact) mass is 427 g/mol. The highest BCUT2D eigenvalue weighted by molar-refractivity contribution is 8.27. The number of amides is 1. The van der Waals surface area contributed by atoms with Crippen molar-refractivity contribution in [3.8, 4) is 11.5 Å². The Morgan fingerprint density at radius 2 is 1.93 bits per heavy atom. The molecule has 6 heteroatoms. The van der Waals surface area contributed by atoms with Crippen LogP contribution in [-0.2, 0) is 4.79 Å². The van der Waals surface area contributed by atoms with Crippen LogP contribution in [0.2, 0.25) is 0 Å². The van der Waals surface area contributed by atoms with E-state index in [0.29, 0.717) is 39.9 Å². The Hall–Kier alpha value is -2.31. The number of nitrogens with zero attached hydrogens (tertiary/aromatic N) is 1. The molecule has 1 saturated heterocycles. The molecule has 0 aliphatic carbocycles. The van der Waals surface area contributed by atoms with Crippen LogP contribution in [0.3, 0.4) is 0 Å². The number of benzene rings is 2. The summed E-state index contributed by atoms with van der Waals surface area (Å²) in [7, 11) is 0. The van der Waals surface area contributed by atoms with E-state index < -0.39 is 0 Å². The van der Waals surface area contributed by atoms with Crippen molar-refractivity contribution >= 4 is 46.0 Å². The maximum Gasteiger partial charge on any atom is 0.270 e. The van der Waals surface area contributed by atoms with Crippen molar-refractivity contribution in [2.24, 2.45) is 5.92 Å². The minimum Gasteiger partial charge on any atom is -0.490 e. The van der Waals surface area contributed by atoms with Crippen LogP contribution in [0.5, 0.6) is 11.5 Å². The highest BCUT2D eigenvalue weighted by Gasteiger charge is 2.33. The first-order chi connectivity index (χ1) is 13.9. The highest BCUT2D eigenvalue weighted by Crippen LogP contribution is 2.37. The van der Waals surface area contributed by atoms with Crippen molar-refractivity contribution < 1.29 is 14.3 Å². The molecule has 29 heavy (non-hydrogen) atoms. The third-order valence-corrected chi connectivity index (χ3v) is 5.49. The molecule has 0 bridgehead atoms. The number of anilines is 1. The molecule has 3 rings (SSSR count). The minimum absolute atomic E-state index is 0.108.